The standard InChI is InChI=1S/C30H40N2O/c1-5-6-7-12-25-17-18-26(29-14-9-8-13-28(25)29)22-23(2)30(33)31-27-19-15-24(16-20-27)11-10-21-32(3)4/h8-9,13-20,23H,5-7,10-12,21-22H2,1-4H3,(H,31,33)/t23-/m0/s1. The van der Waals surface area contributed by atoms with Crippen molar-refractivity contribution in [1.29, 1.82) is 0 Å². The van der Waals surface area contributed by atoms with E-state index in [1.165, 1.54) is 46.7 Å². The van der Waals surface area contributed by atoms with Gasteiger partial charge in [0.1, 0.15) is 0 Å². The van der Waals surface area contributed by atoms with Crippen LogP contribution in [0.5, 0.6) is 0 Å². The van der Waals surface area contributed by atoms with Gasteiger partial charge >= 0.3 is 0 Å². The highest BCUT2D eigenvalue weighted by Gasteiger charge is 2.16. The lowest BCUT2D eigenvalue weighted by Gasteiger charge is -2.16. The minimum Gasteiger partial charge on any atom is -0.326 e. The Hall–Kier alpha value is -2.65. The molecular weight excluding hydrogens is 404 g/mol. The third-order valence-electron chi connectivity index (χ3n) is 6.42. The summed E-state index contributed by atoms with van der Waals surface area (Å²) in [6.07, 6.45) is 7.80. The predicted octanol–water partition coefficient (Wildman–Crippen LogP) is 6.88. The molecule has 0 heterocycles. The van der Waals surface area contributed by atoms with Crippen molar-refractivity contribution in [3.63, 3.8) is 0 Å². The number of nitrogens with zero attached hydrogens (tertiary/aromatic N) is 1. The number of unbranched alkanes of at least 4 members (excludes halogenated alkanes) is 2. The van der Waals surface area contributed by atoms with Crippen LogP contribution in [-0.4, -0.2) is 31.4 Å². The van der Waals surface area contributed by atoms with Gasteiger partial charge in [-0.05, 0) is 92.3 Å². The molecule has 3 aromatic carbocycles. The number of amides is 1. The Kier molecular flexibility index (Phi) is 9.50. The van der Waals surface area contributed by atoms with Crippen LogP contribution in [0, 0.1) is 5.92 Å². The van der Waals surface area contributed by atoms with Gasteiger partial charge in [-0.3, -0.25) is 4.79 Å². The second-order valence-corrected chi connectivity index (χ2v) is 9.58. The number of benzene rings is 3. The predicted molar refractivity (Wildman–Crippen MR) is 142 cm³/mol. The second kappa shape index (κ2) is 12.6. The average Bonchev–Trinajstić information content (AvgIpc) is 2.81. The van der Waals surface area contributed by atoms with E-state index >= 15 is 0 Å². The molecule has 0 aliphatic rings. The number of nitrogens with one attached hydrogen (secondary N) is 1. The van der Waals surface area contributed by atoms with Gasteiger partial charge in [-0.2, -0.15) is 0 Å². The number of carbonyl (C=O) groups is 1. The summed E-state index contributed by atoms with van der Waals surface area (Å²) in [6, 6.07) is 21.5. The molecule has 1 atom stereocenters. The zero-order valence-electron chi connectivity index (χ0n) is 20.9. The van der Waals surface area contributed by atoms with Crippen LogP contribution in [0.3, 0.4) is 0 Å². The molecular formula is C30H40N2O. The third-order valence-corrected chi connectivity index (χ3v) is 6.42. The topological polar surface area (TPSA) is 32.3 Å². The highest BCUT2D eigenvalue weighted by Crippen LogP contribution is 2.26. The van der Waals surface area contributed by atoms with Gasteiger partial charge in [0.15, 0.2) is 0 Å². The van der Waals surface area contributed by atoms with E-state index in [9.17, 15) is 4.79 Å². The molecule has 0 unspecified atom stereocenters. The lowest BCUT2D eigenvalue weighted by molar-refractivity contribution is -0.119. The Balaban J connectivity index is 1.62. The average molecular weight is 445 g/mol. The first kappa shape index (κ1) is 25.0. The second-order valence-electron chi connectivity index (χ2n) is 9.58. The number of hydrogen-bond donors (Lipinski definition) is 1. The van der Waals surface area contributed by atoms with E-state index in [1.807, 2.05) is 19.1 Å². The number of anilines is 1. The molecule has 0 aliphatic carbocycles. The molecule has 3 rings (SSSR count). The van der Waals surface area contributed by atoms with Crippen LogP contribution in [0.2, 0.25) is 0 Å². The fraction of sp³-hybridized carbons (Fsp3) is 0.433. The zero-order chi connectivity index (χ0) is 23.6. The molecule has 0 saturated heterocycles. The fourth-order valence-electron chi connectivity index (χ4n) is 4.43. The van der Waals surface area contributed by atoms with E-state index < -0.39 is 0 Å². The van der Waals surface area contributed by atoms with E-state index in [2.05, 4.69) is 79.8 Å². The Morgan fingerprint density at radius 3 is 2.18 bits per heavy atom. The first-order valence-electron chi connectivity index (χ1n) is 12.5. The number of hydrogen-bond acceptors (Lipinski definition) is 2. The molecule has 33 heavy (non-hydrogen) atoms. The molecule has 0 aliphatic heterocycles. The molecule has 0 fully saturated rings. The van der Waals surface area contributed by atoms with E-state index in [4.69, 9.17) is 0 Å². The van der Waals surface area contributed by atoms with Crippen LogP contribution in [0.25, 0.3) is 10.8 Å². The summed E-state index contributed by atoms with van der Waals surface area (Å²) in [5.41, 5.74) is 4.86. The van der Waals surface area contributed by atoms with Gasteiger partial charge in [0.2, 0.25) is 5.91 Å². The number of rotatable bonds is 12. The highest BCUT2D eigenvalue weighted by molar-refractivity contribution is 5.93. The van der Waals surface area contributed by atoms with Crippen LogP contribution in [0.1, 0.15) is 56.2 Å². The molecule has 0 radical (unpaired) electrons. The molecule has 3 nitrogen and oxygen atoms in total. The lowest BCUT2D eigenvalue weighted by atomic mass is 9.91. The molecule has 3 aromatic rings. The summed E-state index contributed by atoms with van der Waals surface area (Å²) in [5, 5.41) is 5.73. The van der Waals surface area contributed by atoms with Gasteiger partial charge in [0, 0.05) is 11.6 Å². The smallest absolute Gasteiger partial charge is 0.227 e. The minimum atomic E-state index is -0.0980. The normalized spacial score (nSPS) is 12.3. The van der Waals surface area contributed by atoms with Gasteiger partial charge in [-0.25, -0.2) is 0 Å². The monoisotopic (exact) mass is 444 g/mol. The fourth-order valence-corrected chi connectivity index (χ4v) is 4.43. The van der Waals surface area contributed by atoms with Crippen molar-refractivity contribution in [3.05, 3.63) is 77.4 Å². The quantitative estimate of drug-likeness (QED) is 0.309. The molecule has 3 heteroatoms. The van der Waals surface area contributed by atoms with Gasteiger partial charge in [-0.1, -0.05) is 75.2 Å². The van der Waals surface area contributed by atoms with Crippen LogP contribution < -0.4 is 5.32 Å². The van der Waals surface area contributed by atoms with E-state index in [0.29, 0.717) is 0 Å². The summed E-state index contributed by atoms with van der Waals surface area (Å²) < 4.78 is 0. The molecule has 1 amide bonds. The summed E-state index contributed by atoms with van der Waals surface area (Å²) in [5.74, 6) is -0.0226. The summed E-state index contributed by atoms with van der Waals surface area (Å²) in [7, 11) is 4.20. The van der Waals surface area contributed by atoms with Crippen LogP contribution in [0.15, 0.2) is 60.7 Å². The summed E-state index contributed by atoms with van der Waals surface area (Å²) in [4.78, 5) is 15.1. The van der Waals surface area contributed by atoms with Crippen molar-refractivity contribution in [2.24, 2.45) is 5.92 Å². The van der Waals surface area contributed by atoms with Crippen LogP contribution in [0.4, 0.5) is 5.69 Å². The first-order valence-corrected chi connectivity index (χ1v) is 12.5. The molecule has 0 saturated carbocycles. The Labute approximate surface area is 200 Å². The number of fused-ring (bicyclic) bond motifs is 1. The Morgan fingerprint density at radius 1 is 0.848 bits per heavy atom. The van der Waals surface area contributed by atoms with E-state index in [1.54, 1.807) is 0 Å². The maximum Gasteiger partial charge on any atom is 0.227 e. The molecule has 1 N–H and O–H groups in total. The maximum absolute atomic E-state index is 12.9. The van der Waals surface area contributed by atoms with Crippen molar-refractivity contribution >= 4 is 22.4 Å². The van der Waals surface area contributed by atoms with Gasteiger partial charge in [0.25, 0.3) is 0 Å². The van der Waals surface area contributed by atoms with Gasteiger partial charge in [-0.15, -0.1) is 0 Å². The maximum atomic E-state index is 12.9. The zero-order valence-corrected chi connectivity index (χ0v) is 20.9. The minimum absolute atomic E-state index is 0.0754. The number of aryl methyl sites for hydroxylation is 2. The molecule has 0 bridgehead atoms. The van der Waals surface area contributed by atoms with Crippen LogP contribution in [-0.2, 0) is 24.1 Å². The number of carbonyl (C=O) groups excluding carboxylic acids is 1. The van der Waals surface area contributed by atoms with E-state index in [-0.39, 0.29) is 11.8 Å². The third kappa shape index (κ3) is 7.43. The summed E-state index contributed by atoms with van der Waals surface area (Å²) in [6.45, 7) is 5.35. The van der Waals surface area contributed by atoms with Crippen molar-refractivity contribution in [1.82, 2.24) is 4.90 Å². The van der Waals surface area contributed by atoms with Crippen LogP contribution >= 0.6 is 0 Å². The van der Waals surface area contributed by atoms with Crippen molar-refractivity contribution in [3.8, 4) is 0 Å². The van der Waals surface area contributed by atoms with Crippen molar-refractivity contribution < 1.29 is 4.79 Å². The highest BCUT2D eigenvalue weighted by atomic mass is 16.1. The largest absolute Gasteiger partial charge is 0.326 e. The Morgan fingerprint density at radius 2 is 1.52 bits per heavy atom. The van der Waals surface area contributed by atoms with Crippen molar-refractivity contribution in [2.45, 2.75) is 58.8 Å². The summed E-state index contributed by atoms with van der Waals surface area (Å²) >= 11 is 0. The lowest BCUT2D eigenvalue weighted by Crippen LogP contribution is -2.22. The van der Waals surface area contributed by atoms with Gasteiger partial charge in [0.05, 0.1) is 0 Å². The van der Waals surface area contributed by atoms with Gasteiger partial charge < -0.3 is 10.2 Å². The van der Waals surface area contributed by atoms with E-state index in [0.717, 1.165) is 37.9 Å². The molecule has 0 aromatic heterocycles. The molecule has 0 spiro atoms. The Bertz CT molecular complexity index is 1020. The van der Waals surface area contributed by atoms with Crippen molar-refractivity contribution in [2.75, 3.05) is 26.0 Å². The molecule has 176 valence electrons. The SMILES string of the molecule is CCCCCc1ccc(C[C@H](C)C(=O)Nc2ccc(CCCN(C)C)cc2)c2ccccc12. The first-order chi connectivity index (χ1) is 16.0.